The molecule has 0 amide bonds. The molecule has 37 heavy (non-hydrogen) atoms. The quantitative estimate of drug-likeness (QED) is 0.217. The molecule has 0 aromatic heterocycles. The van der Waals surface area contributed by atoms with E-state index in [0.29, 0.717) is 0 Å². The molecule has 184 valence electrons. The summed E-state index contributed by atoms with van der Waals surface area (Å²) in [5.41, 5.74) is 10.9. The van der Waals surface area contributed by atoms with E-state index < -0.39 is 0 Å². The van der Waals surface area contributed by atoms with Gasteiger partial charge in [-0.05, 0) is 97.6 Å². The van der Waals surface area contributed by atoms with Crippen molar-refractivity contribution in [2.45, 2.75) is 27.2 Å². The summed E-state index contributed by atoms with van der Waals surface area (Å²) < 4.78 is 0. The topological polar surface area (TPSA) is 6.48 Å². The van der Waals surface area contributed by atoms with Gasteiger partial charge >= 0.3 is 0 Å². The zero-order valence-electron chi connectivity index (χ0n) is 21.9. The molecule has 0 saturated heterocycles. The lowest BCUT2D eigenvalue weighted by atomic mass is 10.0. The van der Waals surface area contributed by atoms with Gasteiger partial charge in [-0.25, -0.2) is 0 Å². The van der Waals surface area contributed by atoms with E-state index in [4.69, 9.17) is 0 Å². The highest BCUT2D eigenvalue weighted by Crippen LogP contribution is 2.36. The van der Waals surface area contributed by atoms with Crippen LogP contribution in [0.25, 0.3) is 11.1 Å². The molecule has 0 aliphatic heterocycles. The van der Waals surface area contributed by atoms with Gasteiger partial charge in [-0.15, -0.1) is 0 Å². The number of nitrogens with zero attached hydrogens (tertiary/aromatic N) is 2. The first-order valence-electron chi connectivity index (χ1n) is 13.1. The van der Waals surface area contributed by atoms with Crippen LogP contribution < -0.4 is 9.80 Å². The van der Waals surface area contributed by atoms with E-state index in [2.05, 4.69) is 158 Å². The van der Waals surface area contributed by atoms with Gasteiger partial charge in [0.2, 0.25) is 0 Å². The van der Waals surface area contributed by atoms with Crippen LogP contribution in [0, 0.1) is 6.92 Å². The molecule has 0 atom stereocenters. The largest absolute Gasteiger partial charge is 0.342 e. The summed E-state index contributed by atoms with van der Waals surface area (Å²) in [6.07, 6.45) is 1.06. The normalized spacial score (nSPS) is 10.8. The molecule has 5 rings (SSSR count). The summed E-state index contributed by atoms with van der Waals surface area (Å²) in [4.78, 5) is 4.65. The SMILES string of the molecule is CCc1ccc(N(CC)c2ccc(-c3ccc(N(c4ccccc4)c4ccc(C)cc4)cc3)cc2)cc1. The fourth-order valence-electron chi connectivity index (χ4n) is 4.78. The molecule has 0 N–H and O–H groups in total. The van der Waals surface area contributed by atoms with Gasteiger partial charge in [-0.1, -0.05) is 79.2 Å². The van der Waals surface area contributed by atoms with Crippen LogP contribution in [0.1, 0.15) is 25.0 Å². The van der Waals surface area contributed by atoms with E-state index >= 15 is 0 Å². The Kier molecular flexibility index (Phi) is 7.37. The predicted molar refractivity (Wildman–Crippen MR) is 160 cm³/mol. The Hall–Kier alpha value is -4.30. The Morgan fingerprint density at radius 3 is 1.38 bits per heavy atom. The molecule has 0 heterocycles. The third-order valence-corrected chi connectivity index (χ3v) is 6.92. The van der Waals surface area contributed by atoms with Crippen LogP contribution in [-0.2, 0) is 6.42 Å². The maximum atomic E-state index is 2.35. The highest BCUT2D eigenvalue weighted by molar-refractivity contribution is 5.78. The summed E-state index contributed by atoms with van der Waals surface area (Å²) in [5, 5.41) is 0. The number of hydrogen-bond acceptors (Lipinski definition) is 2. The molecule has 5 aromatic carbocycles. The summed E-state index contributed by atoms with van der Waals surface area (Å²) in [6.45, 7) is 7.44. The van der Waals surface area contributed by atoms with Crippen LogP contribution >= 0.6 is 0 Å². The van der Waals surface area contributed by atoms with Crippen LogP contribution in [0.2, 0.25) is 0 Å². The van der Waals surface area contributed by atoms with Gasteiger partial charge in [0.15, 0.2) is 0 Å². The van der Waals surface area contributed by atoms with Crippen LogP contribution in [0.5, 0.6) is 0 Å². The van der Waals surface area contributed by atoms with Gasteiger partial charge in [0.1, 0.15) is 0 Å². The van der Waals surface area contributed by atoms with Gasteiger partial charge in [0.25, 0.3) is 0 Å². The average molecular weight is 483 g/mol. The van der Waals surface area contributed by atoms with Crippen molar-refractivity contribution in [3.8, 4) is 11.1 Å². The molecule has 5 aromatic rings. The molecule has 0 saturated carbocycles. The highest BCUT2D eigenvalue weighted by atomic mass is 15.1. The fourth-order valence-corrected chi connectivity index (χ4v) is 4.78. The van der Waals surface area contributed by atoms with Crippen molar-refractivity contribution in [1.82, 2.24) is 0 Å². The Balaban J connectivity index is 1.40. The van der Waals surface area contributed by atoms with Crippen LogP contribution in [0.15, 0.2) is 127 Å². The lowest BCUT2D eigenvalue weighted by molar-refractivity contribution is 1.02. The number of aryl methyl sites for hydroxylation is 2. The van der Waals surface area contributed by atoms with Gasteiger partial charge in [0, 0.05) is 35.0 Å². The first-order valence-corrected chi connectivity index (χ1v) is 13.1. The molecule has 0 spiro atoms. The standard InChI is InChI=1S/C35H34N2/c1-4-28-13-21-31(22-14-28)36(5-2)32-23-15-29(16-24-32)30-17-25-35(26-18-30)37(33-9-7-6-8-10-33)34-19-11-27(3)12-20-34/h6-26H,4-5H2,1-3H3. The van der Waals surface area contributed by atoms with Crippen molar-refractivity contribution in [1.29, 1.82) is 0 Å². The Labute approximate surface area is 221 Å². The Morgan fingerprint density at radius 2 is 0.892 bits per heavy atom. The minimum atomic E-state index is 0.924. The van der Waals surface area contributed by atoms with E-state index in [-0.39, 0.29) is 0 Å². The fraction of sp³-hybridized carbons (Fsp3) is 0.143. The number of para-hydroxylation sites is 1. The zero-order chi connectivity index (χ0) is 25.6. The van der Waals surface area contributed by atoms with Gasteiger partial charge in [0.05, 0.1) is 0 Å². The molecule has 0 unspecified atom stereocenters. The van der Waals surface area contributed by atoms with Gasteiger partial charge < -0.3 is 9.80 Å². The molecule has 0 radical (unpaired) electrons. The maximum Gasteiger partial charge on any atom is 0.0462 e. The maximum absolute atomic E-state index is 2.35. The molecule has 0 aliphatic rings. The smallest absolute Gasteiger partial charge is 0.0462 e. The second-order valence-corrected chi connectivity index (χ2v) is 9.36. The monoisotopic (exact) mass is 482 g/mol. The molecule has 2 nitrogen and oxygen atoms in total. The average Bonchev–Trinajstić information content (AvgIpc) is 2.96. The summed E-state index contributed by atoms with van der Waals surface area (Å²) >= 11 is 0. The van der Waals surface area contributed by atoms with E-state index in [1.807, 2.05) is 0 Å². The van der Waals surface area contributed by atoms with E-state index in [1.54, 1.807) is 0 Å². The Morgan fingerprint density at radius 1 is 0.459 bits per heavy atom. The van der Waals surface area contributed by atoms with Crippen molar-refractivity contribution >= 4 is 28.4 Å². The highest BCUT2D eigenvalue weighted by Gasteiger charge is 2.13. The van der Waals surface area contributed by atoms with E-state index in [9.17, 15) is 0 Å². The second-order valence-electron chi connectivity index (χ2n) is 9.36. The van der Waals surface area contributed by atoms with Gasteiger partial charge in [-0.3, -0.25) is 0 Å². The predicted octanol–water partition coefficient (Wildman–Crippen LogP) is 9.85. The Bertz CT molecular complexity index is 1400. The number of anilines is 5. The third-order valence-electron chi connectivity index (χ3n) is 6.92. The number of rotatable bonds is 8. The van der Waals surface area contributed by atoms with Crippen molar-refractivity contribution in [2.24, 2.45) is 0 Å². The van der Waals surface area contributed by atoms with Crippen LogP contribution in [-0.4, -0.2) is 6.54 Å². The van der Waals surface area contributed by atoms with Gasteiger partial charge in [-0.2, -0.15) is 0 Å². The molecular weight excluding hydrogens is 448 g/mol. The number of hydrogen-bond donors (Lipinski definition) is 0. The molecular formula is C35H34N2. The minimum Gasteiger partial charge on any atom is -0.342 e. The van der Waals surface area contributed by atoms with Crippen molar-refractivity contribution < 1.29 is 0 Å². The molecule has 0 bridgehead atoms. The third kappa shape index (κ3) is 5.44. The molecule has 2 heteroatoms. The zero-order valence-corrected chi connectivity index (χ0v) is 21.9. The van der Waals surface area contributed by atoms with Crippen molar-refractivity contribution in [3.05, 3.63) is 139 Å². The first-order chi connectivity index (χ1) is 18.2. The van der Waals surface area contributed by atoms with Crippen LogP contribution in [0.4, 0.5) is 28.4 Å². The molecule has 0 fully saturated rings. The van der Waals surface area contributed by atoms with E-state index in [0.717, 1.165) is 30.0 Å². The van der Waals surface area contributed by atoms with Crippen molar-refractivity contribution in [3.63, 3.8) is 0 Å². The van der Waals surface area contributed by atoms with Crippen molar-refractivity contribution in [2.75, 3.05) is 16.3 Å². The van der Waals surface area contributed by atoms with Crippen LogP contribution in [0.3, 0.4) is 0 Å². The lowest BCUT2D eigenvalue weighted by Crippen LogP contribution is -2.15. The summed E-state index contributed by atoms with van der Waals surface area (Å²) in [5.74, 6) is 0. The first kappa shape index (κ1) is 24.4. The lowest BCUT2D eigenvalue weighted by Gasteiger charge is -2.26. The molecule has 0 aliphatic carbocycles. The summed E-state index contributed by atoms with van der Waals surface area (Å²) in [6, 6.07) is 45.9. The number of benzene rings is 5. The summed E-state index contributed by atoms with van der Waals surface area (Å²) in [7, 11) is 0. The minimum absolute atomic E-state index is 0.924. The second kappa shape index (κ2) is 11.2. The van der Waals surface area contributed by atoms with E-state index in [1.165, 1.54) is 33.6 Å².